The number of hydrogen-bond acceptors (Lipinski definition) is 6. The van der Waals surface area contributed by atoms with Crippen molar-refractivity contribution in [3.05, 3.63) is 59.9 Å². The summed E-state index contributed by atoms with van der Waals surface area (Å²) in [7, 11) is 3.27. The highest BCUT2D eigenvalue weighted by Crippen LogP contribution is 2.26. The van der Waals surface area contributed by atoms with Gasteiger partial charge in [-0.25, -0.2) is 0 Å². The number of furan rings is 1. The zero-order chi connectivity index (χ0) is 21.6. The standard InChI is InChI=1S/C24H28N2O5/c1-28-19-5-3-17(4-6-19)22(26-9-11-30-12-10-26)15-25-24(27)13-18-16-31-23-14-20(29-2)7-8-21(18)23/h3-8,14,16,22H,9-13,15H2,1-2H3,(H,25,27). The summed E-state index contributed by atoms with van der Waals surface area (Å²) in [5.74, 6) is 1.51. The number of carbonyl (C=O) groups is 1. The summed E-state index contributed by atoms with van der Waals surface area (Å²) in [6, 6.07) is 13.7. The molecule has 7 nitrogen and oxygen atoms in total. The van der Waals surface area contributed by atoms with Gasteiger partial charge in [-0.05, 0) is 29.8 Å². The van der Waals surface area contributed by atoms with Gasteiger partial charge in [0, 0.05) is 36.7 Å². The van der Waals surface area contributed by atoms with Gasteiger partial charge >= 0.3 is 0 Å². The number of rotatable bonds is 8. The Hall–Kier alpha value is -3.03. The Kier molecular flexibility index (Phi) is 6.74. The fourth-order valence-corrected chi connectivity index (χ4v) is 3.95. The number of morpholine rings is 1. The predicted octanol–water partition coefficient (Wildman–Crippen LogP) is 3.18. The second-order valence-electron chi connectivity index (χ2n) is 7.54. The van der Waals surface area contributed by atoms with Crippen LogP contribution >= 0.6 is 0 Å². The summed E-state index contributed by atoms with van der Waals surface area (Å²) in [5.41, 5.74) is 2.72. The third kappa shape index (κ3) is 5.00. The maximum absolute atomic E-state index is 12.8. The summed E-state index contributed by atoms with van der Waals surface area (Å²) >= 11 is 0. The minimum atomic E-state index is -0.0368. The summed E-state index contributed by atoms with van der Waals surface area (Å²) < 4.78 is 21.6. The summed E-state index contributed by atoms with van der Waals surface area (Å²) in [6.07, 6.45) is 1.91. The lowest BCUT2D eigenvalue weighted by Gasteiger charge is -2.35. The average molecular weight is 424 g/mol. The van der Waals surface area contributed by atoms with Crippen LogP contribution < -0.4 is 14.8 Å². The SMILES string of the molecule is COc1ccc(C(CNC(=O)Cc2coc3cc(OC)ccc23)N2CCOCC2)cc1. The van der Waals surface area contributed by atoms with E-state index in [0.717, 1.165) is 41.1 Å². The number of nitrogens with zero attached hydrogens (tertiary/aromatic N) is 1. The van der Waals surface area contributed by atoms with Gasteiger partial charge in [0.25, 0.3) is 0 Å². The molecule has 1 unspecified atom stereocenters. The van der Waals surface area contributed by atoms with Gasteiger partial charge in [-0.2, -0.15) is 0 Å². The Bertz CT molecular complexity index is 1010. The van der Waals surface area contributed by atoms with E-state index in [1.54, 1.807) is 20.5 Å². The topological polar surface area (TPSA) is 73.2 Å². The van der Waals surface area contributed by atoms with Crippen molar-refractivity contribution in [3.63, 3.8) is 0 Å². The third-order valence-corrected chi connectivity index (χ3v) is 5.69. The largest absolute Gasteiger partial charge is 0.497 e. The molecule has 1 amide bonds. The molecule has 1 N–H and O–H groups in total. The third-order valence-electron chi connectivity index (χ3n) is 5.69. The highest BCUT2D eigenvalue weighted by molar-refractivity contribution is 5.88. The minimum absolute atomic E-state index is 0.0368. The first-order valence-electron chi connectivity index (χ1n) is 10.4. The highest BCUT2D eigenvalue weighted by Gasteiger charge is 2.23. The molecule has 1 atom stereocenters. The second-order valence-corrected chi connectivity index (χ2v) is 7.54. The van der Waals surface area contributed by atoms with Crippen molar-refractivity contribution in [3.8, 4) is 11.5 Å². The van der Waals surface area contributed by atoms with Crippen molar-refractivity contribution < 1.29 is 23.4 Å². The van der Waals surface area contributed by atoms with Gasteiger partial charge in [-0.15, -0.1) is 0 Å². The predicted molar refractivity (Wildman–Crippen MR) is 118 cm³/mol. The molecule has 0 aliphatic carbocycles. The van der Waals surface area contributed by atoms with E-state index in [0.29, 0.717) is 25.3 Å². The second kappa shape index (κ2) is 9.85. The van der Waals surface area contributed by atoms with Crippen LogP contribution in [0, 0.1) is 0 Å². The number of carbonyl (C=O) groups excluding carboxylic acids is 1. The molecule has 1 aliphatic heterocycles. The van der Waals surface area contributed by atoms with Gasteiger partial charge in [0.2, 0.25) is 5.91 Å². The smallest absolute Gasteiger partial charge is 0.224 e. The zero-order valence-corrected chi connectivity index (χ0v) is 17.9. The van der Waals surface area contributed by atoms with E-state index < -0.39 is 0 Å². The summed E-state index contributed by atoms with van der Waals surface area (Å²) in [5, 5.41) is 4.04. The lowest BCUT2D eigenvalue weighted by atomic mass is 10.0. The summed E-state index contributed by atoms with van der Waals surface area (Å²) in [4.78, 5) is 15.1. The highest BCUT2D eigenvalue weighted by atomic mass is 16.5. The van der Waals surface area contributed by atoms with E-state index in [4.69, 9.17) is 18.6 Å². The first-order chi connectivity index (χ1) is 15.2. The minimum Gasteiger partial charge on any atom is -0.497 e. The Morgan fingerprint density at radius 3 is 2.48 bits per heavy atom. The van der Waals surface area contributed by atoms with Crippen molar-refractivity contribution in [1.29, 1.82) is 0 Å². The Balaban J connectivity index is 1.44. The number of nitrogens with one attached hydrogen (secondary N) is 1. The van der Waals surface area contributed by atoms with Crippen LogP contribution in [-0.4, -0.2) is 57.9 Å². The molecule has 0 radical (unpaired) electrons. The maximum atomic E-state index is 12.8. The van der Waals surface area contributed by atoms with E-state index in [1.807, 2.05) is 30.3 Å². The number of fused-ring (bicyclic) bond motifs is 1. The normalized spacial score (nSPS) is 15.5. The average Bonchev–Trinajstić information content (AvgIpc) is 3.22. The molecule has 4 rings (SSSR count). The molecule has 7 heteroatoms. The van der Waals surface area contributed by atoms with Gasteiger partial charge in [0.05, 0.1) is 46.2 Å². The van der Waals surface area contributed by atoms with Crippen LogP contribution in [0.5, 0.6) is 11.5 Å². The quantitative estimate of drug-likeness (QED) is 0.599. The lowest BCUT2D eigenvalue weighted by Crippen LogP contribution is -2.44. The zero-order valence-electron chi connectivity index (χ0n) is 17.9. The molecule has 0 saturated carbocycles. The molecule has 2 heterocycles. The molecule has 0 bridgehead atoms. The Morgan fingerprint density at radius 2 is 1.77 bits per heavy atom. The molecule has 1 aromatic heterocycles. The van der Waals surface area contributed by atoms with Crippen LogP contribution in [-0.2, 0) is 16.0 Å². The van der Waals surface area contributed by atoms with Gasteiger partial charge in [0.15, 0.2) is 0 Å². The Labute approximate surface area is 181 Å². The number of hydrogen-bond donors (Lipinski definition) is 1. The van der Waals surface area contributed by atoms with Crippen LogP contribution in [0.15, 0.2) is 53.1 Å². The van der Waals surface area contributed by atoms with Crippen LogP contribution in [0.1, 0.15) is 17.2 Å². The molecule has 0 spiro atoms. The van der Waals surface area contributed by atoms with E-state index in [2.05, 4.69) is 22.3 Å². The first-order valence-corrected chi connectivity index (χ1v) is 10.4. The number of amides is 1. The summed E-state index contributed by atoms with van der Waals surface area (Å²) in [6.45, 7) is 3.59. The molecular formula is C24H28N2O5. The molecule has 1 aliphatic rings. The number of ether oxygens (including phenoxy) is 3. The van der Waals surface area contributed by atoms with Gasteiger partial charge in [0.1, 0.15) is 17.1 Å². The first kappa shape index (κ1) is 21.2. The molecule has 2 aromatic carbocycles. The fraction of sp³-hybridized carbons (Fsp3) is 0.375. The molecule has 3 aromatic rings. The number of methoxy groups -OCH3 is 2. The molecule has 1 saturated heterocycles. The molecule has 1 fully saturated rings. The van der Waals surface area contributed by atoms with Crippen LogP contribution in [0.2, 0.25) is 0 Å². The van der Waals surface area contributed by atoms with Crippen LogP contribution in [0.3, 0.4) is 0 Å². The van der Waals surface area contributed by atoms with Crippen LogP contribution in [0.25, 0.3) is 11.0 Å². The van der Waals surface area contributed by atoms with Gasteiger partial charge in [-0.3, -0.25) is 9.69 Å². The maximum Gasteiger partial charge on any atom is 0.224 e. The van der Waals surface area contributed by atoms with E-state index in [-0.39, 0.29) is 18.4 Å². The monoisotopic (exact) mass is 424 g/mol. The lowest BCUT2D eigenvalue weighted by molar-refractivity contribution is -0.120. The van der Waals surface area contributed by atoms with Crippen molar-refractivity contribution >= 4 is 16.9 Å². The van der Waals surface area contributed by atoms with Crippen LogP contribution in [0.4, 0.5) is 0 Å². The van der Waals surface area contributed by atoms with Crippen molar-refractivity contribution in [2.45, 2.75) is 12.5 Å². The molecule has 31 heavy (non-hydrogen) atoms. The van der Waals surface area contributed by atoms with E-state index >= 15 is 0 Å². The van der Waals surface area contributed by atoms with Crippen molar-refractivity contribution in [1.82, 2.24) is 10.2 Å². The van der Waals surface area contributed by atoms with Gasteiger partial charge < -0.3 is 23.9 Å². The van der Waals surface area contributed by atoms with Crippen molar-refractivity contribution in [2.24, 2.45) is 0 Å². The fourth-order valence-electron chi connectivity index (χ4n) is 3.95. The van der Waals surface area contributed by atoms with Crippen molar-refractivity contribution in [2.75, 3.05) is 47.1 Å². The number of benzene rings is 2. The van der Waals surface area contributed by atoms with Gasteiger partial charge in [-0.1, -0.05) is 12.1 Å². The van der Waals surface area contributed by atoms with E-state index in [1.165, 1.54) is 0 Å². The van der Waals surface area contributed by atoms with E-state index in [9.17, 15) is 4.79 Å². The Morgan fingerprint density at radius 1 is 1.06 bits per heavy atom. The molecular weight excluding hydrogens is 396 g/mol. The molecule has 164 valence electrons.